The Kier molecular flexibility index (Phi) is 6.26. The second-order valence-corrected chi connectivity index (χ2v) is 8.65. The summed E-state index contributed by atoms with van der Waals surface area (Å²) in [5.74, 6) is 0. The molecule has 1 aromatic carbocycles. The van der Waals surface area contributed by atoms with Gasteiger partial charge in [-0.15, -0.1) is 0 Å². The van der Waals surface area contributed by atoms with Gasteiger partial charge in [0.15, 0.2) is 0 Å². The van der Waals surface area contributed by atoms with Gasteiger partial charge in [-0.2, -0.15) is 0 Å². The predicted molar refractivity (Wildman–Crippen MR) is 103 cm³/mol. The molecule has 1 atom stereocenters. The van der Waals surface area contributed by atoms with E-state index in [-0.39, 0.29) is 10.9 Å². The maximum atomic E-state index is 12.6. The van der Waals surface area contributed by atoms with E-state index in [4.69, 9.17) is 11.6 Å². The maximum absolute atomic E-state index is 12.6. The van der Waals surface area contributed by atoms with Gasteiger partial charge in [-0.1, -0.05) is 17.7 Å². The highest BCUT2D eigenvalue weighted by atomic mass is 35.5. The number of nitrogens with one attached hydrogen (secondary N) is 1. The van der Waals surface area contributed by atoms with Gasteiger partial charge in [0.1, 0.15) is 0 Å². The summed E-state index contributed by atoms with van der Waals surface area (Å²) >= 11 is 5.85. The van der Waals surface area contributed by atoms with Crippen molar-refractivity contribution in [2.45, 2.75) is 10.9 Å². The monoisotopic (exact) mass is 394 g/mol. The van der Waals surface area contributed by atoms with Crippen LogP contribution in [0, 0.1) is 0 Å². The molecule has 1 fully saturated rings. The third-order valence-corrected chi connectivity index (χ3v) is 6.33. The van der Waals surface area contributed by atoms with Gasteiger partial charge in [-0.25, -0.2) is 13.1 Å². The molecule has 140 valence electrons. The molecule has 1 aliphatic heterocycles. The number of halogens is 1. The fourth-order valence-electron chi connectivity index (χ4n) is 3.05. The van der Waals surface area contributed by atoms with Gasteiger partial charge >= 0.3 is 0 Å². The van der Waals surface area contributed by atoms with Crippen molar-refractivity contribution in [1.29, 1.82) is 0 Å². The van der Waals surface area contributed by atoms with Crippen LogP contribution >= 0.6 is 11.6 Å². The molecule has 2 aromatic rings. The Morgan fingerprint density at radius 3 is 2.46 bits per heavy atom. The maximum Gasteiger partial charge on any atom is 0.240 e. The lowest BCUT2D eigenvalue weighted by atomic mass is 10.1. The standard InChI is InChI=1S/C18H23ClN4O2S/c1-22-9-11-23(12-10-22)18(15-3-2-8-20-13-15)14-21-26(24,25)17-6-4-16(19)5-7-17/h2-8,13,18,21H,9-12,14H2,1H3/t18-/m0/s1. The highest BCUT2D eigenvalue weighted by molar-refractivity contribution is 7.89. The molecule has 0 aliphatic carbocycles. The summed E-state index contributed by atoms with van der Waals surface area (Å²) < 4.78 is 28.0. The molecule has 0 amide bonds. The number of sulfonamides is 1. The normalized spacial score (nSPS) is 17.9. The Labute approximate surface area is 159 Å². The van der Waals surface area contributed by atoms with Crippen LogP contribution in [0.3, 0.4) is 0 Å². The van der Waals surface area contributed by atoms with Crippen molar-refractivity contribution < 1.29 is 8.42 Å². The number of nitrogens with zero attached hydrogens (tertiary/aromatic N) is 3. The van der Waals surface area contributed by atoms with E-state index < -0.39 is 10.0 Å². The third-order valence-electron chi connectivity index (χ3n) is 4.64. The third kappa shape index (κ3) is 4.81. The van der Waals surface area contributed by atoms with E-state index >= 15 is 0 Å². The van der Waals surface area contributed by atoms with Crippen molar-refractivity contribution in [1.82, 2.24) is 19.5 Å². The number of pyridine rings is 1. The topological polar surface area (TPSA) is 65.5 Å². The quantitative estimate of drug-likeness (QED) is 0.811. The average Bonchev–Trinajstić information content (AvgIpc) is 2.64. The fraction of sp³-hybridized carbons (Fsp3) is 0.389. The minimum Gasteiger partial charge on any atom is -0.304 e. The largest absolute Gasteiger partial charge is 0.304 e. The van der Waals surface area contributed by atoms with Crippen LogP contribution < -0.4 is 4.72 Å². The number of aromatic nitrogens is 1. The van der Waals surface area contributed by atoms with E-state index in [1.165, 1.54) is 12.1 Å². The Balaban J connectivity index is 1.76. The zero-order valence-corrected chi connectivity index (χ0v) is 16.2. The van der Waals surface area contributed by atoms with E-state index in [1.54, 1.807) is 24.5 Å². The van der Waals surface area contributed by atoms with Crippen molar-refractivity contribution in [2.24, 2.45) is 0 Å². The Hall–Kier alpha value is -1.51. The van der Waals surface area contributed by atoms with Crippen molar-refractivity contribution in [2.75, 3.05) is 39.8 Å². The predicted octanol–water partition coefficient (Wildman–Crippen LogP) is 2.00. The lowest BCUT2D eigenvalue weighted by Gasteiger charge is -2.38. The van der Waals surface area contributed by atoms with Crippen LogP contribution in [0.15, 0.2) is 53.7 Å². The first kappa shape index (κ1) is 19.3. The first-order valence-electron chi connectivity index (χ1n) is 8.53. The number of rotatable bonds is 6. The summed E-state index contributed by atoms with van der Waals surface area (Å²) in [6, 6.07) is 10.0. The number of piperazine rings is 1. The molecule has 26 heavy (non-hydrogen) atoms. The number of hydrogen-bond acceptors (Lipinski definition) is 5. The molecule has 1 aromatic heterocycles. The van der Waals surface area contributed by atoms with Crippen molar-refractivity contribution in [3.63, 3.8) is 0 Å². The van der Waals surface area contributed by atoms with Crippen LogP contribution in [-0.2, 0) is 10.0 Å². The van der Waals surface area contributed by atoms with Gasteiger partial charge < -0.3 is 4.90 Å². The SMILES string of the molecule is CN1CCN([C@@H](CNS(=O)(=O)c2ccc(Cl)cc2)c2cccnc2)CC1. The summed E-state index contributed by atoms with van der Waals surface area (Å²) in [7, 11) is -1.50. The first-order valence-corrected chi connectivity index (χ1v) is 10.4. The molecular formula is C18H23ClN4O2S. The minimum absolute atomic E-state index is 0.0560. The first-order chi connectivity index (χ1) is 12.5. The van der Waals surface area contributed by atoms with Gasteiger partial charge in [-0.05, 0) is 42.9 Å². The van der Waals surface area contributed by atoms with E-state index in [0.29, 0.717) is 11.6 Å². The Bertz CT molecular complexity index is 807. The molecule has 0 saturated carbocycles. The van der Waals surface area contributed by atoms with Crippen LogP contribution in [0.5, 0.6) is 0 Å². The summed E-state index contributed by atoms with van der Waals surface area (Å²) in [6.45, 7) is 3.99. The second-order valence-electron chi connectivity index (χ2n) is 6.45. The summed E-state index contributed by atoms with van der Waals surface area (Å²) in [4.78, 5) is 8.99. The molecule has 8 heteroatoms. The van der Waals surface area contributed by atoms with Crippen LogP contribution in [0.1, 0.15) is 11.6 Å². The molecule has 2 heterocycles. The van der Waals surface area contributed by atoms with Crippen LogP contribution in [0.4, 0.5) is 0 Å². The van der Waals surface area contributed by atoms with E-state index in [0.717, 1.165) is 31.7 Å². The Morgan fingerprint density at radius 1 is 1.15 bits per heavy atom. The van der Waals surface area contributed by atoms with Gasteiger partial charge in [0.25, 0.3) is 0 Å². The zero-order valence-electron chi connectivity index (χ0n) is 14.7. The van der Waals surface area contributed by atoms with Gasteiger partial charge in [-0.3, -0.25) is 9.88 Å². The summed E-state index contributed by atoms with van der Waals surface area (Å²) in [5, 5.41) is 0.509. The van der Waals surface area contributed by atoms with E-state index in [9.17, 15) is 8.42 Å². The molecule has 6 nitrogen and oxygen atoms in total. The van der Waals surface area contributed by atoms with Crippen molar-refractivity contribution in [3.05, 3.63) is 59.4 Å². The van der Waals surface area contributed by atoms with Gasteiger partial charge in [0, 0.05) is 56.2 Å². The molecule has 0 unspecified atom stereocenters. The average molecular weight is 395 g/mol. The highest BCUT2D eigenvalue weighted by Crippen LogP contribution is 2.22. The highest BCUT2D eigenvalue weighted by Gasteiger charge is 2.26. The molecule has 0 spiro atoms. The van der Waals surface area contributed by atoms with Crippen LogP contribution in [0.25, 0.3) is 0 Å². The molecule has 0 radical (unpaired) electrons. The smallest absolute Gasteiger partial charge is 0.240 e. The van der Waals surface area contributed by atoms with Crippen molar-refractivity contribution >= 4 is 21.6 Å². The molecule has 1 aliphatic rings. The van der Waals surface area contributed by atoms with Crippen molar-refractivity contribution in [3.8, 4) is 0 Å². The summed E-state index contributed by atoms with van der Waals surface area (Å²) in [5.41, 5.74) is 1.01. The fourth-order valence-corrected chi connectivity index (χ4v) is 4.21. The van der Waals surface area contributed by atoms with E-state index in [2.05, 4.69) is 26.6 Å². The molecule has 1 saturated heterocycles. The molecule has 0 bridgehead atoms. The lowest BCUT2D eigenvalue weighted by molar-refractivity contribution is 0.112. The minimum atomic E-state index is -3.60. The molecular weight excluding hydrogens is 372 g/mol. The summed E-state index contributed by atoms with van der Waals surface area (Å²) in [6.07, 6.45) is 3.53. The molecule has 3 rings (SSSR count). The van der Waals surface area contributed by atoms with Crippen LogP contribution in [0.2, 0.25) is 5.02 Å². The lowest BCUT2D eigenvalue weighted by Crippen LogP contribution is -2.48. The van der Waals surface area contributed by atoms with E-state index in [1.807, 2.05) is 12.1 Å². The number of hydrogen-bond donors (Lipinski definition) is 1. The molecule has 1 N–H and O–H groups in total. The van der Waals surface area contributed by atoms with Gasteiger partial charge in [0.05, 0.1) is 4.90 Å². The Morgan fingerprint density at radius 2 is 1.85 bits per heavy atom. The number of benzene rings is 1. The van der Waals surface area contributed by atoms with Gasteiger partial charge in [0.2, 0.25) is 10.0 Å². The zero-order chi connectivity index (χ0) is 18.6. The number of likely N-dealkylation sites (N-methyl/N-ethyl adjacent to an activating group) is 1. The second kappa shape index (κ2) is 8.45. The van der Waals surface area contributed by atoms with Crippen LogP contribution in [-0.4, -0.2) is 63.0 Å².